The van der Waals surface area contributed by atoms with Gasteiger partial charge in [0.25, 0.3) is 0 Å². The van der Waals surface area contributed by atoms with Crippen molar-refractivity contribution in [3.8, 4) is 0 Å². The van der Waals surface area contributed by atoms with Gasteiger partial charge in [0.15, 0.2) is 0 Å². The van der Waals surface area contributed by atoms with Crippen LogP contribution >= 0.6 is 0 Å². The molecule has 1 fully saturated rings. The summed E-state index contributed by atoms with van der Waals surface area (Å²) in [6.45, 7) is 17.2. The smallest absolute Gasteiger partial charge is 0.0563 e. The molecule has 1 aliphatic carbocycles. The number of aliphatic imine (C=N–C) groups is 1. The molecule has 1 N–H and O–H groups in total. The molecule has 2 nitrogen and oxygen atoms in total. The number of hydrogen-bond acceptors (Lipinski definition) is 2. The molecule has 1 saturated carbocycles. The van der Waals surface area contributed by atoms with Crippen LogP contribution in [-0.4, -0.2) is 13.3 Å². The highest BCUT2D eigenvalue weighted by molar-refractivity contribution is 5.78. The minimum atomic E-state index is 0.259. The quantitative estimate of drug-likeness (QED) is 0.538. The average Bonchev–Trinajstić information content (AvgIpc) is 2.42. The second kappa shape index (κ2) is 7.98. The molecule has 0 radical (unpaired) electrons. The van der Waals surface area contributed by atoms with Gasteiger partial charge in [0.1, 0.15) is 0 Å². The molecule has 120 valence electrons. The Bertz CT molecular complexity index is 532. The van der Waals surface area contributed by atoms with Crippen molar-refractivity contribution in [2.24, 2.45) is 10.4 Å². The summed E-state index contributed by atoms with van der Waals surface area (Å²) in [6, 6.07) is 0. The van der Waals surface area contributed by atoms with Crippen LogP contribution < -0.4 is 5.32 Å². The van der Waals surface area contributed by atoms with E-state index in [1.54, 1.807) is 7.05 Å². The molecule has 1 aliphatic rings. The lowest BCUT2D eigenvalue weighted by atomic mass is 9.71. The molecule has 0 heterocycles. The van der Waals surface area contributed by atoms with Crippen LogP contribution in [0.2, 0.25) is 0 Å². The van der Waals surface area contributed by atoms with Gasteiger partial charge in [0, 0.05) is 19.5 Å². The van der Waals surface area contributed by atoms with Crippen LogP contribution in [0.25, 0.3) is 0 Å². The van der Waals surface area contributed by atoms with Crippen molar-refractivity contribution in [2.75, 3.05) is 7.05 Å². The molecule has 22 heavy (non-hydrogen) atoms. The fourth-order valence-corrected chi connectivity index (χ4v) is 2.86. The molecule has 0 bridgehead atoms. The molecule has 0 unspecified atom stereocenters. The van der Waals surface area contributed by atoms with Crippen molar-refractivity contribution < 1.29 is 0 Å². The topological polar surface area (TPSA) is 24.4 Å². The molecule has 2 heteroatoms. The standard InChI is InChI=1S/C20H30N2/c1-8-17(9-2)10-18(13-21-7)22-14-19-15(3)11-20(5,6)12-16(19)4/h8,10,13-14,22H,3-4,9,11-12H2,1-2,5-7H3/b17-8+,18-10+,21-13?. The van der Waals surface area contributed by atoms with Crippen LogP contribution in [0.4, 0.5) is 0 Å². The molecular formula is C20H30N2. The van der Waals surface area contributed by atoms with Gasteiger partial charge >= 0.3 is 0 Å². The highest BCUT2D eigenvalue weighted by Crippen LogP contribution is 2.42. The van der Waals surface area contributed by atoms with Gasteiger partial charge in [0.2, 0.25) is 0 Å². The summed E-state index contributed by atoms with van der Waals surface area (Å²) < 4.78 is 0. The largest absolute Gasteiger partial charge is 0.360 e. The first-order chi connectivity index (χ1) is 10.3. The van der Waals surface area contributed by atoms with Crippen molar-refractivity contribution in [1.29, 1.82) is 0 Å². The van der Waals surface area contributed by atoms with Crippen LogP contribution in [0, 0.1) is 5.41 Å². The van der Waals surface area contributed by atoms with E-state index in [0.717, 1.165) is 41.7 Å². The maximum atomic E-state index is 4.23. The molecule has 0 atom stereocenters. The monoisotopic (exact) mass is 298 g/mol. The van der Waals surface area contributed by atoms with Crippen LogP contribution in [-0.2, 0) is 0 Å². The molecule has 0 aromatic rings. The van der Waals surface area contributed by atoms with Crippen molar-refractivity contribution in [1.82, 2.24) is 5.32 Å². The average molecular weight is 298 g/mol. The molecule has 0 spiro atoms. The minimum Gasteiger partial charge on any atom is -0.360 e. The molecule has 0 aromatic heterocycles. The Morgan fingerprint density at radius 3 is 2.32 bits per heavy atom. The van der Waals surface area contributed by atoms with Gasteiger partial charge in [-0.1, -0.05) is 45.6 Å². The molecule has 0 aliphatic heterocycles. The third-order valence-electron chi connectivity index (χ3n) is 3.92. The van der Waals surface area contributed by atoms with Crippen molar-refractivity contribution in [2.45, 2.75) is 47.0 Å². The Labute approximate surface area is 136 Å². The molecular weight excluding hydrogens is 268 g/mol. The van der Waals surface area contributed by atoms with Gasteiger partial charge in [-0.3, -0.25) is 4.99 Å². The SMILES string of the molecule is C=C1CC(C)(C)CC(=C)C1=CN/C(C=NC)=C/C(=C/C)CC. The number of hydrogen-bond donors (Lipinski definition) is 1. The van der Waals surface area contributed by atoms with E-state index in [0.29, 0.717) is 0 Å². The molecule has 0 amide bonds. The Hall–Kier alpha value is -1.83. The first-order valence-corrected chi connectivity index (χ1v) is 7.95. The van der Waals surface area contributed by atoms with Gasteiger partial charge in [-0.2, -0.15) is 0 Å². The van der Waals surface area contributed by atoms with Crippen LogP contribution in [0.5, 0.6) is 0 Å². The third kappa shape index (κ3) is 5.18. The van der Waals surface area contributed by atoms with E-state index in [1.807, 2.05) is 12.4 Å². The normalized spacial score (nSPS) is 19.8. The summed E-state index contributed by atoms with van der Waals surface area (Å²) in [5.74, 6) is 0. The maximum absolute atomic E-state index is 4.23. The highest BCUT2D eigenvalue weighted by Gasteiger charge is 2.28. The first kappa shape index (κ1) is 18.2. The Balaban J connectivity index is 2.96. The first-order valence-electron chi connectivity index (χ1n) is 7.95. The highest BCUT2D eigenvalue weighted by atomic mass is 14.9. The minimum absolute atomic E-state index is 0.259. The number of allylic oxidation sites excluding steroid dienone is 7. The fourth-order valence-electron chi connectivity index (χ4n) is 2.86. The van der Waals surface area contributed by atoms with Crippen molar-refractivity contribution >= 4 is 6.21 Å². The fraction of sp³-hybridized carbons (Fsp3) is 0.450. The van der Waals surface area contributed by atoms with E-state index in [1.165, 1.54) is 5.57 Å². The summed E-state index contributed by atoms with van der Waals surface area (Å²) in [7, 11) is 1.78. The van der Waals surface area contributed by atoms with E-state index >= 15 is 0 Å². The predicted molar refractivity (Wildman–Crippen MR) is 99.1 cm³/mol. The van der Waals surface area contributed by atoms with E-state index in [2.05, 4.69) is 63.3 Å². The van der Waals surface area contributed by atoms with Crippen LogP contribution in [0.1, 0.15) is 47.0 Å². The summed E-state index contributed by atoms with van der Waals surface area (Å²) in [5, 5.41) is 3.36. The van der Waals surface area contributed by atoms with Crippen LogP contribution in [0.3, 0.4) is 0 Å². The Morgan fingerprint density at radius 1 is 1.27 bits per heavy atom. The van der Waals surface area contributed by atoms with Gasteiger partial charge in [-0.15, -0.1) is 0 Å². The molecule has 1 rings (SSSR count). The second-order valence-electron chi connectivity index (χ2n) is 6.63. The summed E-state index contributed by atoms with van der Waals surface area (Å²) in [6.07, 6.45) is 11.1. The van der Waals surface area contributed by atoms with E-state index in [4.69, 9.17) is 0 Å². The van der Waals surface area contributed by atoms with E-state index in [9.17, 15) is 0 Å². The second-order valence-corrected chi connectivity index (χ2v) is 6.63. The molecule has 0 saturated heterocycles. The number of nitrogens with zero attached hydrogens (tertiary/aromatic N) is 1. The zero-order chi connectivity index (χ0) is 16.8. The number of nitrogens with one attached hydrogen (secondary N) is 1. The van der Waals surface area contributed by atoms with Crippen molar-refractivity contribution in [3.63, 3.8) is 0 Å². The molecule has 0 aromatic carbocycles. The Kier molecular flexibility index (Phi) is 6.61. The zero-order valence-corrected chi connectivity index (χ0v) is 14.8. The lowest BCUT2D eigenvalue weighted by Gasteiger charge is -2.34. The van der Waals surface area contributed by atoms with E-state index < -0.39 is 0 Å². The third-order valence-corrected chi connectivity index (χ3v) is 3.92. The lowest BCUT2D eigenvalue weighted by Crippen LogP contribution is -2.21. The lowest BCUT2D eigenvalue weighted by molar-refractivity contribution is 0.349. The zero-order valence-electron chi connectivity index (χ0n) is 14.8. The summed E-state index contributed by atoms with van der Waals surface area (Å²) in [4.78, 5) is 4.13. The van der Waals surface area contributed by atoms with Gasteiger partial charge in [-0.25, -0.2) is 0 Å². The van der Waals surface area contributed by atoms with Crippen molar-refractivity contribution in [3.05, 3.63) is 59.5 Å². The van der Waals surface area contributed by atoms with Gasteiger partial charge in [-0.05, 0) is 54.4 Å². The summed E-state index contributed by atoms with van der Waals surface area (Å²) >= 11 is 0. The van der Waals surface area contributed by atoms with E-state index in [-0.39, 0.29) is 5.41 Å². The number of rotatable bonds is 5. The van der Waals surface area contributed by atoms with Gasteiger partial charge < -0.3 is 5.32 Å². The Morgan fingerprint density at radius 2 is 1.86 bits per heavy atom. The summed E-state index contributed by atoms with van der Waals surface area (Å²) in [5.41, 5.74) is 5.98. The van der Waals surface area contributed by atoms with Crippen LogP contribution in [0.15, 0.2) is 64.5 Å². The predicted octanol–water partition coefficient (Wildman–Crippen LogP) is 5.33. The van der Waals surface area contributed by atoms with Gasteiger partial charge in [0.05, 0.1) is 5.70 Å². The maximum Gasteiger partial charge on any atom is 0.0563 e.